The van der Waals surface area contributed by atoms with Crippen LogP contribution in [0, 0.1) is 12.8 Å². The van der Waals surface area contributed by atoms with Crippen LogP contribution in [0.2, 0.25) is 0 Å². The number of benzene rings is 1. The van der Waals surface area contributed by atoms with Gasteiger partial charge in [-0.05, 0) is 49.7 Å². The fourth-order valence-electron chi connectivity index (χ4n) is 2.02. The minimum atomic E-state index is -3.29. The molecule has 0 saturated carbocycles. The van der Waals surface area contributed by atoms with E-state index in [0.29, 0.717) is 23.7 Å². The molecule has 0 bridgehead atoms. The van der Waals surface area contributed by atoms with Crippen molar-refractivity contribution in [2.45, 2.75) is 13.3 Å². The molecule has 1 fully saturated rings. The maximum atomic E-state index is 11.8. The summed E-state index contributed by atoms with van der Waals surface area (Å²) in [5.74, 6) is 0.405. The lowest BCUT2D eigenvalue weighted by atomic mass is 9.99. The van der Waals surface area contributed by atoms with Gasteiger partial charge in [0.25, 0.3) is 0 Å². The Morgan fingerprint density at radius 2 is 2.10 bits per heavy atom. The lowest BCUT2D eigenvalue weighted by Gasteiger charge is -2.26. The van der Waals surface area contributed by atoms with Gasteiger partial charge in [0.05, 0.1) is 11.9 Å². The second-order valence-electron chi connectivity index (χ2n) is 5.18. The molecule has 1 aliphatic heterocycles. The van der Waals surface area contributed by atoms with Gasteiger partial charge in [0.15, 0.2) is 0 Å². The highest BCUT2D eigenvalue weighted by molar-refractivity contribution is 7.92. The molecule has 3 N–H and O–H groups in total. The molecule has 110 valence electrons. The zero-order chi connectivity index (χ0) is 14.8. The molecule has 1 aromatic carbocycles. The van der Waals surface area contributed by atoms with Crippen LogP contribution in [0.1, 0.15) is 12.0 Å². The van der Waals surface area contributed by atoms with Crippen LogP contribution in [0.5, 0.6) is 0 Å². The zero-order valence-electron chi connectivity index (χ0n) is 11.6. The number of carbonyl (C=O) groups is 1. The fourth-order valence-corrected chi connectivity index (χ4v) is 2.65. The first kappa shape index (κ1) is 14.8. The molecule has 20 heavy (non-hydrogen) atoms. The van der Waals surface area contributed by atoms with Gasteiger partial charge >= 0.3 is 0 Å². The lowest BCUT2D eigenvalue weighted by Crippen LogP contribution is -2.43. The number of carbonyl (C=O) groups excluding carboxylic acids is 1. The summed E-state index contributed by atoms with van der Waals surface area (Å²) in [6.45, 7) is 3.58. The molecule has 1 aromatic rings. The minimum Gasteiger partial charge on any atom is -0.326 e. The molecule has 0 unspecified atom stereocenters. The van der Waals surface area contributed by atoms with E-state index in [1.807, 2.05) is 0 Å². The molecule has 0 aliphatic carbocycles. The summed E-state index contributed by atoms with van der Waals surface area (Å²) in [6, 6.07) is 5.10. The molecule has 1 saturated heterocycles. The van der Waals surface area contributed by atoms with Crippen LogP contribution in [0.4, 0.5) is 11.4 Å². The maximum absolute atomic E-state index is 11.8. The summed E-state index contributed by atoms with van der Waals surface area (Å²) >= 11 is 0. The van der Waals surface area contributed by atoms with E-state index in [9.17, 15) is 13.2 Å². The molecule has 1 heterocycles. The van der Waals surface area contributed by atoms with E-state index in [1.54, 1.807) is 25.1 Å². The Morgan fingerprint density at radius 1 is 1.40 bits per heavy atom. The third-order valence-corrected chi connectivity index (χ3v) is 3.74. The van der Waals surface area contributed by atoms with Gasteiger partial charge in [0, 0.05) is 12.1 Å². The van der Waals surface area contributed by atoms with E-state index in [2.05, 4.69) is 15.4 Å². The Labute approximate surface area is 119 Å². The van der Waals surface area contributed by atoms with E-state index < -0.39 is 10.0 Å². The quantitative estimate of drug-likeness (QED) is 0.754. The Hall–Kier alpha value is -1.60. The Morgan fingerprint density at radius 3 is 2.60 bits per heavy atom. The van der Waals surface area contributed by atoms with Crippen molar-refractivity contribution < 1.29 is 13.2 Å². The molecule has 0 spiro atoms. The SMILES string of the molecule is Cc1cc(NC(=O)CC2CNC2)ccc1NS(C)(=O)=O. The van der Waals surface area contributed by atoms with Gasteiger partial charge in [0.1, 0.15) is 0 Å². The summed E-state index contributed by atoms with van der Waals surface area (Å²) in [4.78, 5) is 11.8. The first-order chi connectivity index (χ1) is 9.33. The topological polar surface area (TPSA) is 87.3 Å². The van der Waals surface area contributed by atoms with Crippen LogP contribution < -0.4 is 15.4 Å². The number of amides is 1. The van der Waals surface area contributed by atoms with Crippen LogP contribution >= 0.6 is 0 Å². The molecule has 1 amide bonds. The van der Waals surface area contributed by atoms with E-state index >= 15 is 0 Å². The Kier molecular flexibility index (Phi) is 4.29. The van der Waals surface area contributed by atoms with E-state index in [4.69, 9.17) is 0 Å². The summed E-state index contributed by atoms with van der Waals surface area (Å²) in [6.07, 6.45) is 1.62. The van der Waals surface area contributed by atoms with Gasteiger partial charge < -0.3 is 10.6 Å². The third-order valence-electron chi connectivity index (χ3n) is 3.15. The van der Waals surface area contributed by atoms with Crippen molar-refractivity contribution in [3.05, 3.63) is 23.8 Å². The average molecular weight is 297 g/mol. The van der Waals surface area contributed by atoms with Gasteiger partial charge in [-0.1, -0.05) is 0 Å². The fraction of sp³-hybridized carbons (Fsp3) is 0.462. The molecule has 2 rings (SSSR count). The van der Waals surface area contributed by atoms with Gasteiger partial charge in [-0.3, -0.25) is 9.52 Å². The summed E-state index contributed by atoms with van der Waals surface area (Å²) in [5.41, 5.74) is 1.96. The Balaban J connectivity index is 1.99. The first-order valence-corrected chi connectivity index (χ1v) is 8.31. The standard InChI is InChI=1S/C13H19N3O3S/c1-9-5-11(3-4-12(9)16-20(2,18)19)15-13(17)6-10-7-14-8-10/h3-5,10,14,16H,6-8H2,1-2H3,(H,15,17). The number of anilines is 2. The van der Waals surface area contributed by atoms with Crippen LogP contribution in [-0.4, -0.2) is 33.7 Å². The van der Waals surface area contributed by atoms with Crippen molar-refractivity contribution in [1.82, 2.24) is 5.32 Å². The predicted molar refractivity (Wildman–Crippen MR) is 79.3 cm³/mol. The smallest absolute Gasteiger partial charge is 0.229 e. The second-order valence-corrected chi connectivity index (χ2v) is 6.93. The van der Waals surface area contributed by atoms with Crippen molar-refractivity contribution in [3.63, 3.8) is 0 Å². The van der Waals surface area contributed by atoms with Gasteiger partial charge in [0.2, 0.25) is 15.9 Å². The van der Waals surface area contributed by atoms with Crippen molar-refractivity contribution in [2.24, 2.45) is 5.92 Å². The molecule has 0 atom stereocenters. The first-order valence-electron chi connectivity index (χ1n) is 6.42. The van der Waals surface area contributed by atoms with Crippen LogP contribution in [-0.2, 0) is 14.8 Å². The molecule has 6 nitrogen and oxygen atoms in total. The van der Waals surface area contributed by atoms with Crippen LogP contribution in [0.25, 0.3) is 0 Å². The summed E-state index contributed by atoms with van der Waals surface area (Å²) in [5, 5.41) is 5.95. The van der Waals surface area contributed by atoms with E-state index in [1.165, 1.54) is 0 Å². The predicted octanol–water partition coefficient (Wildman–Crippen LogP) is 0.915. The highest BCUT2D eigenvalue weighted by Gasteiger charge is 2.20. The van der Waals surface area contributed by atoms with Gasteiger partial charge in [-0.2, -0.15) is 0 Å². The molecule has 7 heteroatoms. The molecule has 1 aliphatic rings. The molecule has 0 radical (unpaired) electrons. The number of aryl methyl sites for hydroxylation is 1. The number of rotatable bonds is 5. The van der Waals surface area contributed by atoms with Crippen molar-refractivity contribution in [3.8, 4) is 0 Å². The molecular formula is C13H19N3O3S. The highest BCUT2D eigenvalue weighted by Crippen LogP contribution is 2.21. The number of nitrogens with one attached hydrogen (secondary N) is 3. The van der Waals surface area contributed by atoms with E-state index in [0.717, 1.165) is 24.9 Å². The van der Waals surface area contributed by atoms with Gasteiger partial charge in [-0.15, -0.1) is 0 Å². The van der Waals surface area contributed by atoms with Crippen molar-refractivity contribution in [1.29, 1.82) is 0 Å². The lowest BCUT2D eigenvalue weighted by molar-refractivity contribution is -0.117. The third kappa shape index (κ3) is 4.21. The average Bonchev–Trinajstić information content (AvgIpc) is 2.26. The summed E-state index contributed by atoms with van der Waals surface area (Å²) in [7, 11) is -3.29. The Bertz CT molecular complexity index is 609. The second kappa shape index (κ2) is 5.80. The van der Waals surface area contributed by atoms with Crippen molar-refractivity contribution >= 4 is 27.3 Å². The zero-order valence-corrected chi connectivity index (χ0v) is 12.4. The maximum Gasteiger partial charge on any atom is 0.229 e. The van der Waals surface area contributed by atoms with E-state index in [-0.39, 0.29) is 5.91 Å². The normalized spacial score (nSPS) is 15.5. The number of hydrogen-bond acceptors (Lipinski definition) is 4. The molecule has 0 aromatic heterocycles. The largest absolute Gasteiger partial charge is 0.326 e. The number of sulfonamides is 1. The molecular weight excluding hydrogens is 278 g/mol. The van der Waals surface area contributed by atoms with Crippen LogP contribution in [0.3, 0.4) is 0 Å². The monoisotopic (exact) mass is 297 g/mol. The highest BCUT2D eigenvalue weighted by atomic mass is 32.2. The number of hydrogen-bond donors (Lipinski definition) is 3. The minimum absolute atomic E-state index is 0.0141. The van der Waals surface area contributed by atoms with Crippen molar-refractivity contribution in [2.75, 3.05) is 29.4 Å². The van der Waals surface area contributed by atoms with Crippen LogP contribution in [0.15, 0.2) is 18.2 Å². The van der Waals surface area contributed by atoms with Gasteiger partial charge in [-0.25, -0.2) is 8.42 Å². The summed E-state index contributed by atoms with van der Waals surface area (Å²) < 4.78 is 24.8.